The Kier molecular flexibility index (Phi) is 3.08. The average molecular weight is 317 g/mol. The molecule has 0 fully saturated rings. The molecule has 1 aliphatic rings. The van der Waals surface area contributed by atoms with E-state index in [0.717, 1.165) is 29.5 Å². The standard InChI is InChI=1S/C14H15N5O2S/c1-7(20)5-15-13(21)11-17-12-10-8-3-2-4-9(8)22-14(10)16-6-19(12)18-11/h6-7,20H,2-5H2,1H3,(H,15,21). The molecule has 8 heteroatoms. The molecule has 0 spiro atoms. The third kappa shape index (κ3) is 2.06. The second-order valence-electron chi connectivity index (χ2n) is 5.54. The summed E-state index contributed by atoms with van der Waals surface area (Å²) in [5.74, 6) is -0.280. The molecule has 0 saturated carbocycles. The summed E-state index contributed by atoms with van der Waals surface area (Å²) in [7, 11) is 0. The van der Waals surface area contributed by atoms with Gasteiger partial charge in [0.2, 0.25) is 5.82 Å². The van der Waals surface area contributed by atoms with Gasteiger partial charge in [-0.15, -0.1) is 16.4 Å². The second-order valence-corrected chi connectivity index (χ2v) is 6.63. The smallest absolute Gasteiger partial charge is 0.291 e. The molecule has 0 aliphatic heterocycles. The number of hydrogen-bond acceptors (Lipinski definition) is 6. The van der Waals surface area contributed by atoms with E-state index in [1.807, 2.05) is 0 Å². The van der Waals surface area contributed by atoms with Gasteiger partial charge in [0.25, 0.3) is 5.91 Å². The van der Waals surface area contributed by atoms with Crippen molar-refractivity contribution in [3.05, 3.63) is 22.6 Å². The molecule has 3 aromatic rings. The number of fused-ring (bicyclic) bond motifs is 5. The van der Waals surface area contributed by atoms with Gasteiger partial charge in [-0.3, -0.25) is 4.79 Å². The Morgan fingerprint density at radius 2 is 2.41 bits per heavy atom. The summed E-state index contributed by atoms with van der Waals surface area (Å²) in [5, 5.41) is 17.1. The molecule has 0 aromatic carbocycles. The lowest BCUT2D eigenvalue weighted by atomic mass is 10.2. The minimum absolute atomic E-state index is 0.105. The number of thiophene rings is 1. The van der Waals surface area contributed by atoms with Gasteiger partial charge in [0, 0.05) is 11.4 Å². The van der Waals surface area contributed by atoms with E-state index in [2.05, 4.69) is 20.4 Å². The molecule has 1 atom stereocenters. The first-order chi connectivity index (χ1) is 10.6. The summed E-state index contributed by atoms with van der Waals surface area (Å²) in [6.07, 6.45) is 4.29. The van der Waals surface area contributed by atoms with Crippen LogP contribution < -0.4 is 5.32 Å². The van der Waals surface area contributed by atoms with Crippen molar-refractivity contribution in [2.45, 2.75) is 32.3 Å². The average Bonchev–Trinajstić information content (AvgIpc) is 3.16. The fraction of sp³-hybridized carbons (Fsp3) is 0.429. The van der Waals surface area contributed by atoms with Crippen LogP contribution in [0, 0.1) is 0 Å². The molecule has 4 rings (SSSR count). The van der Waals surface area contributed by atoms with Crippen molar-refractivity contribution >= 4 is 33.1 Å². The summed E-state index contributed by atoms with van der Waals surface area (Å²) >= 11 is 1.71. The maximum Gasteiger partial charge on any atom is 0.291 e. The van der Waals surface area contributed by atoms with Crippen LogP contribution in [-0.4, -0.2) is 43.2 Å². The number of aryl methyl sites for hydroxylation is 2. The monoisotopic (exact) mass is 317 g/mol. The van der Waals surface area contributed by atoms with Gasteiger partial charge in [-0.25, -0.2) is 14.5 Å². The third-order valence-corrected chi connectivity index (χ3v) is 5.00. The van der Waals surface area contributed by atoms with Gasteiger partial charge >= 0.3 is 0 Å². The van der Waals surface area contributed by atoms with Crippen LogP contribution in [0.15, 0.2) is 6.33 Å². The zero-order valence-electron chi connectivity index (χ0n) is 12.0. The van der Waals surface area contributed by atoms with Crippen molar-refractivity contribution in [3.8, 4) is 0 Å². The van der Waals surface area contributed by atoms with E-state index in [1.165, 1.54) is 10.4 Å². The van der Waals surface area contributed by atoms with Crippen molar-refractivity contribution in [3.63, 3.8) is 0 Å². The van der Waals surface area contributed by atoms with Crippen LogP contribution in [0.2, 0.25) is 0 Å². The summed E-state index contributed by atoms with van der Waals surface area (Å²) < 4.78 is 1.56. The van der Waals surface area contributed by atoms with Crippen LogP contribution >= 0.6 is 11.3 Å². The molecule has 3 aromatic heterocycles. The number of hydrogen-bond donors (Lipinski definition) is 2. The highest BCUT2D eigenvalue weighted by molar-refractivity contribution is 7.19. The number of nitrogens with zero attached hydrogens (tertiary/aromatic N) is 4. The van der Waals surface area contributed by atoms with Gasteiger partial charge in [-0.1, -0.05) is 0 Å². The molecule has 114 valence electrons. The van der Waals surface area contributed by atoms with Crippen LogP contribution in [0.25, 0.3) is 15.9 Å². The number of nitrogens with one attached hydrogen (secondary N) is 1. The first-order valence-electron chi connectivity index (χ1n) is 7.25. The van der Waals surface area contributed by atoms with Gasteiger partial charge < -0.3 is 10.4 Å². The van der Waals surface area contributed by atoms with E-state index in [0.29, 0.717) is 5.65 Å². The van der Waals surface area contributed by atoms with E-state index < -0.39 is 6.10 Å². The van der Waals surface area contributed by atoms with Gasteiger partial charge in [-0.2, -0.15) is 0 Å². The lowest BCUT2D eigenvalue weighted by molar-refractivity contribution is 0.0914. The molecule has 22 heavy (non-hydrogen) atoms. The molecule has 0 radical (unpaired) electrons. The fourth-order valence-electron chi connectivity index (χ4n) is 2.81. The molecule has 0 saturated heterocycles. The number of aliphatic hydroxyl groups is 1. The maximum atomic E-state index is 12.0. The quantitative estimate of drug-likeness (QED) is 0.750. The summed E-state index contributed by atoms with van der Waals surface area (Å²) in [5.41, 5.74) is 1.99. The Hall–Kier alpha value is -2.06. The van der Waals surface area contributed by atoms with Crippen LogP contribution in [0.4, 0.5) is 0 Å². The van der Waals surface area contributed by atoms with E-state index in [9.17, 15) is 9.90 Å². The van der Waals surface area contributed by atoms with Crippen LogP contribution in [0.5, 0.6) is 0 Å². The highest BCUT2D eigenvalue weighted by Crippen LogP contribution is 2.37. The molecule has 0 bridgehead atoms. The number of aliphatic hydroxyl groups excluding tert-OH is 1. The van der Waals surface area contributed by atoms with Gasteiger partial charge in [0.05, 0.1) is 11.5 Å². The van der Waals surface area contributed by atoms with E-state index >= 15 is 0 Å². The van der Waals surface area contributed by atoms with Crippen molar-refractivity contribution < 1.29 is 9.90 Å². The van der Waals surface area contributed by atoms with Crippen LogP contribution in [0.3, 0.4) is 0 Å². The summed E-state index contributed by atoms with van der Waals surface area (Å²) in [6.45, 7) is 1.79. The third-order valence-electron chi connectivity index (χ3n) is 3.80. The zero-order valence-corrected chi connectivity index (χ0v) is 12.9. The molecule has 2 N–H and O–H groups in total. The minimum atomic E-state index is -0.602. The summed E-state index contributed by atoms with van der Waals surface area (Å²) in [4.78, 5) is 23.2. The highest BCUT2D eigenvalue weighted by Gasteiger charge is 2.23. The van der Waals surface area contributed by atoms with Gasteiger partial charge in [0.1, 0.15) is 11.2 Å². The van der Waals surface area contributed by atoms with Gasteiger partial charge in [0.15, 0.2) is 5.65 Å². The van der Waals surface area contributed by atoms with Crippen LogP contribution in [0.1, 0.15) is 34.4 Å². The Balaban J connectivity index is 1.80. The Labute approximate surface area is 130 Å². The Morgan fingerprint density at radius 1 is 1.55 bits per heavy atom. The molecule has 3 heterocycles. The largest absolute Gasteiger partial charge is 0.392 e. The topological polar surface area (TPSA) is 92.4 Å². The lowest BCUT2D eigenvalue weighted by Gasteiger charge is -2.03. The Bertz CT molecular complexity index is 882. The predicted octanol–water partition coefficient (Wildman–Crippen LogP) is 0.938. The second kappa shape index (κ2) is 4.99. The number of aromatic nitrogens is 4. The van der Waals surface area contributed by atoms with Crippen molar-refractivity contribution in [2.75, 3.05) is 6.54 Å². The number of carbonyl (C=O) groups is 1. The zero-order chi connectivity index (χ0) is 15.3. The minimum Gasteiger partial charge on any atom is -0.392 e. The summed E-state index contributed by atoms with van der Waals surface area (Å²) in [6, 6.07) is 0. The molecular formula is C14H15N5O2S. The molecule has 1 aliphatic carbocycles. The fourth-order valence-corrected chi connectivity index (χ4v) is 4.03. The molecular weight excluding hydrogens is 302 g/mol. The number of carbonyl (C=O) groups excluding carboxylic acids is 1. The van der Waals surface area contributed by atoms with E-state index in [1.54, 1.807) is 29.1 Å². The van der Waals surface area contributed by atoms with Gasteiger partial charge in [-0.05, 0) is 31.7 Å². The highest BCUT2D eigenvalue weighted by atomic mass is 32.1. The normalized spacial score (nSPS) is 15.4. The number of amides is 1. The maximum absolute atomic E-state index is 12.0. The van der Waals surface area contributed by atoms with Crippen molar-refractivity contribution in [1.82, 2.24) is 24.9 Å². The lowest BCUT2D eigenvalue weighted by Crippen LogP contribution is -2.31. The van der Waals surface area contributed by atoms with Crippen molar-refractivity contribution in [1.29, 1.82) is 0 Å². The molecule has 7 nitrogen and oxygen atoms in total. The molecule has 1 amide bonds. The molecule has 1 unspecified atom stereocenters. The SMILES string of the molecule is CC(O)CNC(=O)c1nc2c3c4c(sc3ncn2n1)CCC4. The van der Waals surface area contributed by atoms with Crippen LogP contribution in [-0.2, 0) is 12.8 Å². The first kappa shape index (κ1) is 13.6. The number of rotatable bonds is 3. The van der Waals surface area contributed by atoms with E-state index in [4.69, 9.17) is 0 Å². The Morgan fingerprint density at radius 3 is 3.23 bits per heavy atom. The van der Waals surface area contributed by atoms with E-state index in [-0.39, 0.29) is 18.3 Å². The predicted molar refractivity (Wildman–Crippen MR) is 82.2 cm³/mol. The van der Waals surface area contributed by atoms with Crippen molar-refractivity contribution in [2.24, 2.45) is 0 Å². The first-order valence-corrected chi connectivity index (χ1v) is 8.07.